The summed E-state index contributed by atoms with van der Waals surface area (Å²) in [5.74, 6) is 3.41. The number of rotatable bonds is 5. The number of hydrogen-bond donors (Lipinski definition) is 1. The first-order valence-electron chi connectivity index (χ1n) is 8.04. The van der Waals surface area contributed by atoms with E-state index in [1.807, 2.05) is 13.8 Å². The van der Waals surface area contributed by atoms with Crippen LogP contribution in [0.25, 0.3) is 0 Å². The number of nitrogens with zero attached hydrogens (tertiary/aromatic N) is 2. The Morgan fingerprint density at radius 3 is 2.40 bits per heavy atom. The van der Waals surface area contributed by atoms with Crippen molar-refractivity contribution in [3.05, 3.63) is 11.7 Å². The van der Waals surface area contributed by atoms with E-state index in [2.05, 4.69) is 24.0 Å². The normalized spacial score (nSPS) is 26.7. The average Bonchev–Trinajstić information content (AvgIpc) is 2.95. The van der Waals surface area contributed by atoms with Crippen molar-refractivity contribution in [1.29, 1.82) is 0 Å². The molecular weight excluding hydrogens is 252 g/mol. The number of aromatic nitrogens is 2. The zero-order chi connectivity index (χ0) is 14.7. The molecule has 114 valence electrons. The van der Waals surface area contributed by atoms with E-state index in [0.29, 0.717) is 18.2 Å². The monoisotopic (exact) mass is 280 g/mol. The summed E-state index contributed by atoms with van der Waals surface area (Å²) in [6, 6.07) is 0. The Bertz CT molecular complexity index is 408. The zero-order valence-corrected chi connectivity index (χ0v) is 13.2. The molecule has 1 aliphatic carbocycles. The Balaban J connectivity index is 1.96. The average molecular weight is 280 g/mol. The molecule has 4 nitrogen and oxygen atoms in total. The van der Waals surface area contributed by atoms with Crippen LogP contribution in [0.5, 0.6) is 0 Å². The predicted octanol–water partition coefficient (Wildman–Crippen LogP) is 3.87. The van der Waals surface area contributed by atoms with Gasteiger partial charge in [-0.05, 0) is 43.9 Å². The van der Waals surface area contributed by atoms with E-state index in [0.717, 1.165) is 30.5 Å². The third-order valence-corrected chi connectivity index (χ3v) is 4.92. The number of hydrogen-bond acceptors (Lipinski definition) is 4. The molecule has 2 atom stereocenters. The van der Waals surface area contributed by atoms with E-state index in [1.165, 1.54) is 12.8 Å². The molecule has 20 heavy (non-hydrogen) atoms. The standard InChI is InChI=1S/C16H28N2O2/c1-5-14(19)11(4)16-17-15(18-20-16)13-8-6-12(7-9-13)10(2)3/h10-14,19H,5-9H2,1-4H3. The first-order chi connectivity index (χ1) is 9.52. The minimum Gasteiger partial charge on any atom is -0.392 e. The van der Waals surface area contributed by atoms with Crippen molar-refractivity contribution < 1.29 is 9.63 Å². The fourth-order valence-corrected chi connectivity index (χ4v) is 3.16. The first kappa shape index (κ1) is 15.5. The van der Waals surface area contributed by atoms with Crippen LogP contribution in [0.2, 0.25) is 0 Å². The molecule has 0 amide bonds. The van der Waals surface area contributed by atoms with E-state index in [4.69, 9.17) is 4.52 Å². The Kier molecular flexibility index (Phi) is 5.19. The lowest BCUT2D eigenvalue weighted by Gasteiger charge is -2.29. The minimum absolute atomic E-state index is 0.0757. The second-order valence-electron chi connectivity index (χ2n) is 6.61. The van der Waals surface area contributed by atoms with Crippen LogP contribution in [-0.2, 0) is 0 Å². The molecule has 1 aromatic rings. The van der Waals surface area contributed by atoms with Gasteiger partial charge in [0.05, 0.1) is 12.0 Å². The highest BCUT2D eigenvalue weighted by Gasteiger charge is 2.28. The summed E-state index contributed by atoms with van der Waals surface area (Å²) in [6.07, 6.45) is 5.15. The predicted molar refractivity (Wildman–Crippen MR) is 78.5 cm³/mol. The largest absolute Gasteiger partial charge is 0.392 e. The van der Waals surface area contributed by atoms with Gasteiger partial charge in [0.25, 0.3) is 0 Å². The fraction of sp³-hybridized carbons (Fsp3) is 0.875. The molecule has 0 bridgehead atoms. The molecule has 1 heterocycles. The minimum atomic E-state index is -0.403. The SMILES string of the molecule is CCC(O)C(C)c1nc(C2CCC(C(C)C)CC2)no1. The van der Waals surface area contributed by atoms with E-state index in [-0.39, 0.29) is 5.92 Å². The zero-order valence-electron chi connectivity index (χ0n) is 13.2. The third kappa shape index (κ3) is 3.40. The van der Waals surface area contributed by atoms with Crippen LogP contribution >= 0.6 is 0 Å². The van der Waals surface area contributed by atoms with Crippen molar-refractivity contribution in [1.82, 2.24) is 10.1 Å². The van der Waals surface area contributed by atoms with Gasteiger partial charge in [0, 0.05) is 5.92 Å². The second kappa shape index (κ2) is 6.70. The molecule has 0 spiro atoms. The van der Waals surface area contributed by atoms with Crippen LogP contribution in [0.15, 0.2) is 4.52 Å². The molecule has 2 unspecified atom stereocenters. The summed E-state index contributed by atoms with van der Waals surface area (Å²) in [7, 11) is 0. The molecule has 1 aliphatic rings. The number of aliphatic hydroxyl groups is 1. The molecule has 2 rings (SSSR count). The lowest BCUT2D eigenvalue weighted by Crippen LogP contribution is -2.18. The van der Waals surface area contributed by atoms with Gasteiger partial charge < -0.3 is 9.63 Å². The molecule has 4 heteroatoms. The van der Waals surface area contributed by atoms with Crippen LogP contribution in [0, 0.1) is 11.8 Å². The van der Waals surface area contributed by atoms with Crippen LogP contribution in [-0.4, -0.2) is 21.4 Å². The van der Waals surface area contributed by atoms with Crippen LogP contribution in [0.1, 0.15) is 83.3 Å². The van der Waals surface area contributed by atoms with Crippen LogP contribution < -0.4 is 0 Å². The molecule has 0 saturated heterocycles. The van der Waals surface area contributed by atoms with E-state index >= 15 is 0 Å². The lowest BCUT2D eigenvalue weighted by atomic mass is 9.77. The molecular formula is C16H28N2O2. The fourth-order valence-electron chi connectivity index (χ4n) is 3.16. The van der Waals surface area contributed by atoms with Gasteiger partial charge in [-0.2, -0.15) is 4.98 Å². The summed E-state index contributed by atoms with van der Waals surface area (Å²) in [4.78, 5) is 4.53. The van der Waals surface area contributed by atoms with Gasteiger partial charge in [0.15, 0.2) is 5.82 Å². The van der Waals surface area contributed by atoms with Crippen LogP contribution in [0.4, 0.5) is 0 Å². The van der Waals surface area contributed by atoms with E-state index in [9.17, 15) is 5.11 Å². The highest BCUT2D eigenvalue weighted by Crippen LogP contribution is 2.37. The smallest absolute Gasteiger partial charge is 0.232 e. The molecule has 1 aromatic heterocycles. The Hall–Kier alpha value is -0.900. The third-order valence-electron chi connectivity index (χ3n) is 4.92. The van der Waals surface area contributed by atoms with Gasteiger partial charge in [0.2, 0.25) is 5.89 Å². The first-order valence-corrected chi connectivity index (χ1v) is 8.04. The van der Waals surface area contributed by atoms with Crippen molar-refractivity contribution in [3.63, 3.8) is 0 Å². The quantitative estimate of drug-likeness (QED) is 0.889. The van der Waals surface area contributed by atoms with Crippen molar-refractivity contribution in [3.8, 4) is 0 Å². The molecule has 1 saturated carbocycles. The molecule has 0 radical (unpaired) electrons. The van der Waals surface area contributed by atoms with Gasteiger partial charge in [-0.1, -0.05) is 32.9 Å². The van der Waals surface area contributed by atoms with Crippen molar-refractivity contribution in [2.24, 2.45) is 11.8 Å². The topological polar surface area (TPSA) is 59.2 Å². The van der Waals surface area contributed by atoms with Gasteiger partial charge in [0.1, 0.15) is 0 Å². The molecule has 0 aliphatic heterocycles. The lowest BCUT2D eigenvalue weighted by molar-refractivity contribution is 0.129. The van der Waals surface area contributed by atoms with Crippen molar-refractivity contribution >= 4 is 0 Å². The summed E-state index contributed by atoms with van der Waals surface area (Å²) in [5, 5.41) is 14.0. The van der Waals surface area contributed by atoms with E-state index < -0.39 is 6.10 Å². The Labute approximate surface area is 122 Å². The van der Waals surface area contributed by atoms with Gasteiger partial charge >= 0.3 is 0 Å². The second-order valence-corrected chi connectivity index (χ2v) is 6.61. The summed E-state index contributed by atoms with van der Waals surface area (Å²) in [5.41, 5.74) is 0. The van der Waals surface area contributed by atoms with Gasteiger partial charge in [-0.15, -0.1) is 0 Å². The maximum Gasteiger partial charge on any atom is 0.232 e. The van der Waals surface area contributed by atoms with Crippen molar-refractivity contribution in [2.45, 2.75) is 77.7 Å². The molecule has 0 aromatic carbocycles. The highest BCUT2D eigenvalue weighted by atomic mass is 16.5. The highest BCUT2D eigenvalue weighted by molar-refractivity contribution is 5.01. The van der Waals surface area contributed by atoms with E-state index in [1.54, 1.807) is 0 Å². The van der Waals surface area contributed by atoms with Gasteiger partial charge in [-0.25, -0.2) is 0 Å². The van der Waals surface area contributed by atoms with Gasteiger partial charge in [-0.3, -0.25) is 0 Å². The number of aliphatic hydroxyl groups excluding tert-OH is 1. The Morgan fingerprint density at radius 1 is 1.20 bits per heavy atom. The van der Waals surface area contributed by atoms with Crippen LogP contribution in [0.3, 0.4) is 0 Å². The Morgan fingerprint density at radius 2 is 1.85 bits per heavy atom. The maximum absolute atomic E-state index is 9.87. The maximum atomic E-state index is 9.87. The molecule has 1 fully saturated rings. The summed E-state index contributed by atoms with van der Waals surface area (Å²) < 4.78 is 5.36. The molecule has 1 N–H and O–H groups in total. The van der Waals surface area contributed by atoms with Crippen molar-refractivity contribution in [2.75, 3.05) is 0 Å². The summed E-state index contributed by atoms with van der Waals surface area (Å²) in [6.45, 7) is 8.53. The summed E-state index contributed by atoms with van der Waals surface area (Å²) >= 11 is 0.